The van der Waals surface area contributed by atoms with E-state index in [1.807, 2.05) is 30.8 Å². The Morgan fingerprint density at radius 2 is 2.22 bits per heavy atom. The second-order valence-electron chi connectivity index (χ2n) is 4.26. The molecule has 2 rings (SSSR count). The van der Waals surface area contributed by atoms with Crippen molar-refractivity contribution >= 4 is 22.9 Å². The third-order valence-corrected chi connectivity index (χ3v) is 4.17. The summed E-state index contributed by atoms with van der Waals surface area (Å²) in [5.41, 5.74) is 8.96. The van der Waals surface area contributed by atoms with Crippen molar-refractivity contribution in [3.63, 3.8) is 0 Å². The first-order chi connectivity index (χ1) is 8.52. The second-order valence-corrected chi connectivity index (χ2v) is 5.70. The summed E-state index contributed by atoms with van der Waals surface area (Å²) >= 11 is 7.89. The van der Waals surface area contributed by atoms with Crippen LogP contribution in [0.3, 0.4) is 0 Å². The summed E-state index contributed by atoms with van der Waals surface area (Å²) < 4.78 is 1.91. The van der Waals surface area contributed by atoms with Crippen molar-refractivity contribution in [3.8, 4) is 0 Å². The molecule has 2 N–H and O–H groups in total. The van der Waals surface area contributed by atoms with Gasteiger partial charge in [0.15, 0.2) is 0 Å². The van der Waals surface area contributed by atoms with Gasteiger partial charge in [-0.3, -0.25) is 4.68 Å². The highest BCUT2D eigenvalue weighted by Gasteiger charge is 2.18. The maximum Gasteiger partial charge on any atom is 0.0898 e. The van der Waals surface area contributed by atoms with Crippen LogP contribution in [0.1, 0.15) is 35.1 Å². The Kier molecular flexibility index (Phi) is 4.04. The Morgan fingerprint density at radius 3 is 2.78 bits per heavy atom. The van der Waals surface area contributed by atoms with E-state index in [0.717, 1.165) is 33.7 Å². The van der Waals surface area contributed by atoms with Crippen LogP contribution in [0.25, 0.3) is 0 Å². The highest BCUT2D eigenvalue weighted by molar-refractivity contribution is 7.09. The Balaban J connectivity index is 2.23. The van der Waals surface area contributed by atoms with Gasteiger partial charge in [0.2, 0.25) is 0 Å². The molecule has 0 bridgehead atoms. The predicted molar refractivity (Wildman–Crippen MR) is 75.1 cm³/mol. The van der Waals surface area contributed by atoms with Gasteiger partial charge < -0.3 is 5.73 Å². The molecule has 2 aromatic rings. The number of nitrogens with two attached hydrogens (primary N) is 1. The molecule has 2 heterocycles. The molecule has 0 aromatic carbocycles. The Labute approximate surface area is 116 Å². The van der Waals surface area contributed by atoms with E-state index in [9.17, 15) is 0 Å². The number of nitrogens with zero attached hydrogens (tertiary/aromatic N) is 3. The highest BCUT2D eigenvalue weighted by Crippen LogP contribution is 2.25. The van der Waals surface area contributed by atoms with Gasteiger partial charge >= 0.3 is 0 Å². The summed E-state index contributed by atoms with van der Waals surface area (Å²) in [5.74, 6) is 0. The lowest BCUT2D eigenvalue weighted by Crippen LogP contribution is -2.16. The third kappa shape index (κ3) is 2.58. The van der Waals surface area contributed by atoms with E-state index in [0.29, 0.717) is 6.42 Å². The first kappa shape index (κ1) is 13.5. The minimum Gasteiger partial charge on any atom is -0.322 e. The van der Waals surface area contributed by atoms with Crippen LogP contribution in [0.4, 0.5) is 0 Å². The molecule has 0 saturated carbocycles. The first-order valence-corrected chi connectivity index (χ1v) is 7.18. The molecule has 6 heteroatoms. The molecule has 0 aliphatic rings. The lowest BCUT2D eigenvalue weighted by molar-refractivity contribution is 0.583. The van der Waals surface area contributed by atoms with Crippen LogP contribution in [0.5, 0.6) is 0 Å². The fourth-order valence-electron chi connectivity index (χ4n) is 1.93. The summed E-state index contributed by atoms with van der Waals surface area (Å²) in [7, 11) is 0. The van der Waals surface area contributed by atoms with E-state index < -0.39 is 0 Å². The molecule has 2 aromatic heterocycles. The topological polar surface area (TPSA) is 56.7 Å². The normalized spacial score (nSPS) is 12.9. The van der Waals surface area contributed by atoms with Crippen LogP contribution in [0.15, 0.2) is 5.38 Å². The van der Waals surface area contributed by atoms with E-state index in [1.165, 1.54) is 0 Å². The molecule has 0 aliphatic heterocycles. The van der Waals surface area contributed by atoms with E-state index in [4.69, 9.17) is 17.3 Å². The van der Waals surface area contributed by atoms with Crippen molar-refractivity contribution in [2.45, 2.75) is 39.8 Å². The molecule has 1 unspecified atom stereocenters. The minimum atomic E-state index is -0.131. The summed E-state index contributed by atoms with van der Waals surface area (Å²) in [6, 6.07) is -0.131. The summed E-state index contributed by atoms with van der Waals surface area (Å²) in [6.07, 6.45) is 0.663. The third-order valence-electron chi connectivity index (χ3n) is 2.88. The van der Waals surface area contributed by atoms with Gasteiger partial charge in [0.1, 0.15) is 0 Å². The number of thiazole rings is 1. The molecule has 0 fully saturated rings. The zero-order valence-electron chi connectivity index (χ0n) is 10.8. The number of aryl methyl sites for hydroxylation is 3. The molecule has 0 saturated heterocycles. The van der Waals surface area contributed by atoms with Crippen LogP contribution in [0.2, 0.25) is 5.02 Å². The number of aromatic nitrogens is 3. The van der Waals surface area contributed by atoms with Crippen molar-refractivity contribution in [1.29, 1.82) is 0 Å². The van der Waals surface area contributed by atoms with Gasteiger partial charge in [-0.15, -0.1) is 11.3 Å². The number of halogens is 1. The van der Waals surface area contributed by atoms with Gasteiger partial charge in [0.25, 0.3) is 0 Å². The SMILES string of the molecule is CCn1nc(C)c(Cl)c1CC(N)c1csc(C)n1. The zero-order chi connectivity index (χ0) is 13.3. The maximum absolute atomic E-state index is 6.27. The molecule has 18 heavy (non-hydrogen) atoms. The molecular weight excluding hydrogens is 268 g/mol. The lowest BCUT2D eigenvalue weighted by atomic mass is 10.1. The minimum absolute atomic E-state index is 0.131. The average Bonchev–Trinajstić information content (AvgIpc) is 2.88. The predicted octanol–water partition coefficient (Wildman–Crippen LogP) is 2.87. The number of hydrogen-bond acceptors (Lipinski definition) is 4. The van der Waals surface area contributed by atoms with Crippen LogP contribution in [-0.4, -0.2) is 14.8 Å². The molecular formula is C12H17ClN4S. The van der Waals surface area contributed by atoms with Gasteiger partial charge in [-0.1, -0.05) is 11.6 Å². The van der Waals surface area contributed by atoms with Gasteiger partial charge in [-0.25, -0.2) is 4.98 Å². The van der Waals surface area contributed by atoms with Gasteiger partial charge in [-0.05, 0) is 20.8 Å². The number of rotatable bonds is 4. The van der Waals surface area contributed by atoms with E-state index in [1.54, 1.807) is 11.3 Å². The van der Waals surface area contributed by atoms with Gasteiger partial charge in [0.05, 0.1) is 33.2 Å². The monoisotopic (exact) mass is 284 g/mol. The summed E-state index contributed by atoms with van der Waals surface area (Å²) in [5, 5.41) is 8.15. The fourth-order valence-corrected chi connectivity index (χ4v) is 2.82. The van der Waals surface area contributed by atoms with Crippen molar-refractivity contribution in [1.82, 2.24) is 14.8 Å². The van der Waals surface area contributed by atoms with E-state index >= 15 is 0 Å². The Bertz CT molecular complexity index is 546. The van der Waals surface area contributed by atoms with Crippen molar-refractivity contribution < 1.29 is 0 Å². The maximum atomic E-state index is 6.27. The zero-order valence-corrected chi connectivity index (χ0v) is 12.3. The molecule has 98 valence electrons. The van der Waals surface area contributed by atoms with Crippen LogP contribution in [0, 0.1) is 13.8 Å². The van der Waals surface area contributed by atoms with Crippen LogP contribution >= 0.6 is 22.9 Å². The van der Waals surface area contributed by atoms with Crippen LogP contribution in [-0.2, 0) is 13.0 Å². The number of hydrogen-bond donors (Lipinski definition) is 1. The molecule has 1 atom stereocenters. The van der Waals surface area contributed by atoms with Crippen molar-refractivity contribution in [2.24, 2.45) is 5.73 Å². The summed E-state index contributed by atoms with van der Waals surface area (Å²) in [6.45, 7) is 6.74. The largest absolute Gasteiger partial charge is 0.322 e. The average molecular weight is 285 g/mol. The highest BCUT2D eigenvalue weighted by atomic mass is 35.5. The Hall–Kier alpha value is -0.910. The second kappa shape index (κ2) is 5.38. The molecule has 4 nitrogen and oxygen atoms in total. The molecule has 0 radical (unpaired) electrons. The van der Waals surface area contributed by atoms with Crippen molar-refractivity contribution in [3.05, 3.63) is 32.5 Å². The first-order valence-electron chi connectivity index (χ1n) is 5.92. The standard InChI is InChI=1S/C12H17ClN4S/c1-4-17-11(12(13)7(2)16-17)5-9(14)10-6-18-8(3)15-10/h6,9H,4-5,14H2,1-3H3. The molecule has 0 spiro atoms. The fraction of sp³-hybridized carbons (Fsp3) is 0.500. The summed E-state index contributed by atoms with van der Waals surface area (Å²) in [4.78, 5) is 4.42. The van der Waals surface area contributed by atoms with Crippen molar-refractivity contribution in [2.75, 3.05) is 0 Å². The van der Waals surface area contributed by atoms with Crippen LogP contribution < -0.4 is 5.73 Å². The quantitative estimate of drug-likeness (QED) is 0.939. The van der Waals surface area contributed by atoms with E-state index in [-0.39, 0.29) is 6.04 Å². The van der Waals surface area contributed by atoms with E-state index in [2.05, 4.69) is 10.1 Å². The van der Waals surface area contributed by atoms with Gasteiger partial charge in [0, 0.05) is 18.3 Å². The molecule has 0 amide bonds. The van der Waals surface area contributed by atoms with Gasteiger partial charge in [-0.2, -0.15) is 5.10 Å². The molecule has 0 aliphatic carbocycles. The Morgan fingerprint density at radius 1 is 1.50 bits per heavy atom. The smallest absolute Gasteiger partial charge is 0.0898 e. The lowest BCUT2D eigenvalue weighted by Gasteiger charge is -2.10.